The highest BCUT2D eigenvalue weighted by molar-refractivity contribution is 7.92. The number of aromatic nitrogens is 2. The van der Waals surface area contributed by atoms with Crippen LogP contribution in [0.25, 0.3) is 10.9 Å². The lowest BCUT2D eigenvalue weighted by Crippen LogP contribution is -2.49. The number of anilines is 2. The van der Waals surface area contributed by atoms with Gasteiger partial charge < -0.3 is 30.3 Å². The van der Waals surface area contributed by atoms with E-state index in [1.54, 1.807) is 12.3 Å². The maximum absolute atomic E-state index is 13.2. The average Bonchev–Trinajstić information content (AvgIpc) is 3.40. The second kappa shape index (κ2) is 12.4. The Balaban J connectivity index is 1.16. The number of hydrogen-bond donors (Lipinski definition) is 5. The molecule has 0 unspecified atom stereocenters. The third-order valence-electron chi connectivity index (χ3n) is 7.36. The average molecular weight is 593 g/mol. The van der Waals surface area contributed by atoms with Crippen LogP contribution in [0.15, 0.2) is 66.9 Å². The number of fused-ring (bicyclic) bond motifs is 1. The molecule has 2 aromatic heterocycles. The molecule has 4 aromatic rings. The van der Waals surface area contributed by atoms with Gasteiger partial charge in [0.2, 0.25) is 10.0 Å². The van der Waals surface area contributed by atoms with Gasteiger partial charge in [-0.3, -0.25) is 9.52 Å². The Morgan fingerprint density at radius 2 is 1.86 bits per heavy atom. The Kier molecular flexibility index (Phi) is 8.66. The van der Waals surface area contributed by atoms with Crippen LogP contribution in [-0.2, 0) is 16.4 Å². The Morgan fingerprint density at radius 1 is 1.07 bits per heavy atom. The predicted molar refractivity (Wildman–Crippen MR) is 163 cm³/mol. The van der Waals surface area contributed by atoms with Gasteiger partial charge in [0.05, 0.1) is 18.0 Å². The lowest BCUT2D eigenvalue weighted by molar-refractivity contribution is 0.0741. The lowest BCUT2D eigenvalue weighted by Gasteiger charge is -2.35. The summed E-state index contributed by atoms with van der Waals surface area (Å²) in [5.41, 5.74) is 3.05. The fourth-order valence-corrected chi connectivity index (χ4v) is 5.74. The van der Waals surface area contributed by atoms with E-state index in [-0.39, 0.29) is 29.9 Å². The Bertz CT molecular complexity index is 1650. The monoisotopic (exact) mass is 592 g/mol. The van der Waals surface area contributed by atoms with E-state index in [4.69, 9.17) is 0 Å². The van der Waals surface area contributed by atoms with Crippen LogP contribution in [0.4, 0.5) is 11.5 Å². The van der Waals surface area contributed by atoms with Crippen molar-refractivity contribution < 1.29 is 23.4 Å². The summed E-state index contributed by atoms with van der Waals surface area (Å²) in [6.45, 7) is 4.98. The van der Waals surface area contributed by atoms with E-state index in [9.17, 15) is 23.4 Å². The minimum atomic E-state index is -3.57. The first-order valence-electron chi connectivity index (χ1n) is 13.8. The molecule has 2 atom stereocenters. The van der Waals surface area contributed by atoms with Crippen LogP contribution in [-0.4, -0.2) is 84.4 Å². The van der Waals surface area contributed by atoms with E-state index in [1.165, 1.54) is 12.1 Å². The van der Waals surface area contributed by atoms with Crippen LogP contribution >= 0.6 is 0 Å². The maximum atomic E-state index is 13.2. The number of hydrogen-bond acceptors (Lipinski definition) is 8. The molecule has 222 valence electrons. The number of amides is 1. The molecule has 11 nitrogen and oxygen atoms in total. The molecule has 1 aliphatic heterocycles. The van der Waals surface area contributed by atoms with Gasteiger partial charge in [-0.1, -0.05) is 18.2 Å². The van der Waals surface area contributed by atoms with Crippen LogP contribution in [0.5, 0.6) is 5.75 Å². The Labute approximate surface area is 245 Å². The largest absolute Gasteiger partial charge is 0.506 e. The van der Waals surface area contributed by atoms with Crippen molar-refractivity contribution in [2.75, 3.05) is 48.6 Å². The molecule has 1 aliphatic rings. The van der Waals surface area contributed by atoms with Crippen molar-refractivity contribution in [3.8, 4) is 5.75 Å². The summed E-state index contributed by atoms with van der Waals surface area (Å²) in [5.74, 6) is 0.699. The molecule has 0 radical (unpaired) electrons. The number of carbonyl (C=O) groups excluding carboxylic acids is 1. The van der Waals surface area contributed by atoms with Crippen LogP contribution < -0.4 is 14.9 Å². The Hall–Kier alpha value is -4.13. The summed E-state index contributed by atoms with van der Waals surface area (Å²) in [4.78, 5) is 25.0. The molecule has 12 heteroatoms. The molecule has 3 heterocycles. The van der Waals surface area contributed by atoms with Gasteiger partial charge in [0.15, 0.2) is 0 Å². The molecule has 1 saturated heterocycles. The summed E-state index contributed by atoms with van der Waals surface area (Å²) >= 11 is 0. The summed E-state index contributed by atoms with van der Waals surface area (Å²) in [5, 5.41) is 24.9. The number of H-pyrrole nitrogens is 1. The van der Waals surface area contributed by atoms with Crippen molar-refractivity contribution in [3.05, 3.63) is 83.7 Å². The Morgan fingerprint density at radius 3 is 2.57 bits per heavy atom. The number of phenols is 1. The van der Waals surface area contributed by atoms with Crippen LogP contribution in [0.1, 0.15) is 34.6 Å². The SMILES string of the molecule is C[C@H](Cc1ccc2[nH]c(C(=O)N3CCN(c4ccccn4)CC3)cc2c1)NC[C@H](O)c1ccc(O)c(NS(C)(=O)=O)c1. The standard InChI is InChI=1S/C30H36N6O5S/c1-20(32-19-28(38)22-7-9-27(37)25(17-22)34-42(2,40)41)15-21-6-8-24-23(16-21)18-26(33-24)30(39)36-13-11-35(12-14-36)29-5-3-4-10-31-29/h3-10,16-18,20,28,32-34,37-38H,11-15,19H2,1-2H3/t20-,28+/m1/s1. The number of rotatable bonds is 10. The third kappa shape index (κ3) is 7.19. The zero-order chi connectivity index (χ0) is 29.9. The molecule has 0 spiro atoms. The molecular weight excluding hydrogens is 556 g/mol. The van der Waals surface area contributed by atoms with E-state index in [0.29, 0.717) is 30.8 Å². The maximum Gasteiger partial charge on any atom is 0.270 e. The molecule has 1 amide bonds. The molecule has 0 aliphatic carbocycles. The van der Waals surface area contributed by atoms with Gasteiger partial charge in [-0.15, -0.1) is 0 Å². The highest BCUT2D eigenvalue weighted by Gasteiger charge is 2.24. The van der Waals surface area contributed by atoms with Crippen molar-refractivity contribution in [3.63, 3.8) is 0 Å². The zero-order valence-electron chi connectivity index (χ0n) is 23.6. The van der Waals surface area contributed by atoms with Crippen LogP contribution in [0.2, 0.25) is 0 Å². The number of phenolic OH excluding ortho intramolecular Hbond substituents is 1. The van der Waals surface area contributed by atoms with Gasteiger partial charge in [0.25, 0.3) is 5.91 Å². The fourth-order valence-electron chi connectivity index (χ4n) is 5.17. The van der Waals surface area contributed by atoms with Gasteiger partial charge >= 0.3 is 0 Å². The molecule has 5 rings (SSSR count). The third-order valence-corrected chi connectivity index (χ3v) is 7.95. The number of nitrogens with one attached hydrogen (secondary N) is 3. The number of sulfonamides is 1. The summed E-state index contributed by atoms with van der Waals surface area (Å²) in [6, 6.07) is 18.2. The van der Waals surface area contributed by atoms with Gasteiger partial charge in [-0.05, 0) is 66.9 Å². The molecule has 2 aromatic carbocycles. The summed E-state index contributed by atoms with van der Waals surface area (Å²) < 4.78 is 25.3. The number of carbonyl (C=O) groups is 1. The van der Waals surface area contributed by atoms with E-state index in [0.717, 1.165) is 41.6 Å². The first kappa shape index (κ1) is 29.4. The van der Waals surface area contributed by atoms with Crippen LogP contribution in [0.3, 0.4) is 0 Å². The summed E-state index contributed by atoms with van der Waals surface area (Å²) in [7, 11) is -3.57. The smallest absolute Gasteiger partial charge is 0.270 e. The van der Waals surface area contributed by atoms with Crippen molar-refractivity contribution in [1.82, 2.24) is 20.2 Å². The topological polar surface area (TPSA) is 151 Å². The molecule has 42 heavy (non-hydrogen) atoms. The molecule has 1 fully saturated rings. The predicted octanol–water partition coefficient (Wildman–Crippen LogP) is 2.86. The minimum absolute atomic E-state index is 0.0124. The van der Waals surface area contributed by atoms with E-state index < -0.39 is 16.1 Å². The number of aliphatic hydroxyl groups is 1. The van der Waals surface area contributed by atoms with Gasteiger partial charge in [-0.2, -0.15) is 0 Å². The van der Waals surface area contributed by atoms with Gasteiger partial charge in [-0.25, -0.2) is 13.4 Å². The molecule has 0 saturated carbocycles. The van der Waals surface area contributed by atoms with Crippen molar-refractivity contribution in [2.45, 2.75) is 25.5 Å². The highest BCUT2D eigenvalue weighted by Crippen LogP contribution is 2.28. The van der Waals surface area contributed by atoms with Crippen molar-refractivity contribution in [2.24, 2.45) is 0 Å². The van der Waals surface area contributed by atoms with Gasteiger partial charge in [0, 0.05) is 55.9 Å². The lowest BCUT2D eigenvalue weighted by atomic mass is 10.0. The molecular formula is C30H36N6O5S. The van der Waals surface area contributed by atoms with E-state index in [2.05, 4.69) is 31.0 Å². The zero-order valence-corrected chi connectivity index (χ0v) is 24.4. The molecule has 5 N–H and O–H groups in total. The van der Waals surface area contributed by atoms with Gasteiger partial charge in [0.1, 0.15) is 17.3 Å². The minimum Gasteiger partial charge on any atom is -0.506 e. The van der Waals surface area contributed by atoms with E-state index in [1.807, 2.05) is 48.2 Å². The molecule has 0 bridgehead atoms. The first-order chi connectivity index (χ1) is 20.1. The fraction of sp³-hybridized carbons (Fsp3) is 0.333. The highest BCUT2D eigenvalue weighted by atomic mass is 32.2. The van der Waals surface area contributed by atoms with E-state index >= 15 is 0 Å². The van der Waals surface area contributed by atoms with Crippen molar-refractivity contribution >= 4 is 38.3 Å². The number of pyridine rings is 1. The summed E-state index contributed by atoms with van der Waals surface area (Å²) in [6.07, 6.45) is 2.57. The van der Waals surface area contributed by atoms with Crippen molar-refractivity contribution in [1.29, 1.82) is 0 Å². The number of aromatic hydroxyl groups is 1. The normalized spacial score (nSPS) is 15.5. The number of aromatic amines is 1. The number of nitrogens with zero attached hydrogens (tertiary/aromatic N) is 3. The second-order valence-electron chi connectivity index (χ2n) is 10.8. The number of benzene rings is 2. The number of piperazine rings is 1. The van der Waals surface area contributed by atoms with Crippen LogP contribution in [0, 0.1) is 0 Å². The first-order valence-corrected chi connectivity index (χ1v) is 15.7. The number of aliphatic hydroxyl groups excluding tert-OH is 1. The quantitative estimate of drug-likeness (QED) is 0.176. The second-order valence-corrected chi connectivity index (χ2v) is 12.5.